The molecule has 2 amide bonds. The molecule has 1 saturated heterocycles. The summed E-state index contributed by atoms with van der Waals surface area (Å²) < 4.78 is 6.31. The molecule has 1 fully saturated rings. The van der Waals surface area contributed by atoms with Crippen LogP contribution in [0.4, 0.5) is 0 Å². The molecule has 0 radical (unpaired) electrons. The predicted octanol–water partition coefficient (Wildman–Crippen LogP) is 1.47. The zero-order valence-corrected chi connectivity index (χ0v) is 12.6. The van der Waals surface area contributed by atoms with Crippen LogP contribution >= 0.6 is 15.9 Å². The molecule has 2 N–H and O–H groups in total. The number of benzene rings is 1. The van der Waals surface area contributed by atoms with E-state index in [2.05, 4.69) is 26.6 Å². The van der Waals surface area contributed by atoms with Gasteiger partial charge in [0, 0.05) is 23.2 Å². The smallest absolute Gasteiger partial charge is 0.251 e. The highest BCUT2D eigenvalue weighted by Gasteiger charge is 2.16. The van der Waals surface area contributed by atoms with Crippen molar-refractivity contribution in [2.24, 2.45) is 0 Å². The first-order chi connectivity index (χ1) is 9.65. The molecule has 1 atom stereocenters. The van der Waals surface area contributed by atoms with E-state index in [0.29, 0.717) is 12.1 Å². The van der Waals surface area contributed by atoms with Crippen LogP contribution in [0.15, 0.2) is 28.7 Å². The number of hydrogen-bond acceptors (Lipinski definition) is 3. The summed E-state index contributed by atoms with van der Waals surface area (Å²) in [7, 11) is 0. The quantitative estimate of drug-likeness (QED) is 0.852. The van der Waals surface area contributed by atoms with Crippen molar-refractivity contribution in [3.8, 4) is 0 Å². The SMILES string of the molecule is O=C(CNC(=O)c1ccc(Br)cc1)NCC1CCCO1. The first kappa shape index (κ1) is 15.0. The van der Waals surface area contributed by atoms with Gasteiger partial charge < -0.3 is 15.4 Å². The molecule has 1 aromatic rings. The topological polar surface area (TPSA) is 67.4 Å². The highest BCUT2D eigenvalue weighted by atomic mass is 79.9. The highest BCUT2D eigenvalue weighted by Crippen LogP contribution is 2.11. The van der Waals surface area contributed by atoms with Crippen molar-refractivity contribution in [3.63, 3.8) is 0 Å². The Morgan fingerprint density at radius 2 is 2.00 bits per heavy atom. The molecule has 1 aliphatic rings. The summed E-state index contributed by atoms with van der Waals surface area (Å²) in [4.78, 5) is 23.4. The molecule has 108 valence electrons. The van der Waals surface area contributed by atoms with Crippen molar-refractivity contribution in [2.45, 2.75) is 18.9 Å². The van der Waals surface area contributed by atoms with Crippen molar-refractivity contribution < 1.29 is 14.3 Å². The van der Waals surface area contributed by atoms with E-state index in [1.807, 2.05) is 0 Å². The average molecular weight is 341 g/mol. The van der Waals surface area contributed by atoms with Crippen molar-refractivity contribution in [1.82, 2.24) is 10.6 Å². The predicted molar refractivity (Wildman–Crippen MR) is 78.5 cm³/mol. The lowest BCUT2D eigenvalue weighted by Gasteiger charge is -2.11. The Balaban J connectivity index is 1.69. The average Bonchev–Trinajstić information content (AvgIpc) is 2.96. The van der Waals surface area contributed by atoms with E-state index in [1.165, 1.54) is 0 Å². The molecule has 6 heteroatoms. The summed E-state index contributed by atoms with van der Waals surface area (Å²) >= 11 is 3.30. The fourth-order valence-corrected chi connectivity index (χ4v) is 2.22. The summed E-state index contributed by atoms with van der Waals surface area (Å²) in [6.45, 7) is 1.25. The second-order valence-electron chi connectivity index (χ2n) is 4.63. The maximum absolute atomic E-state index is 11.8. The third kappa shape index (κ3) is 4.61. The van der Waals surface area contributed by atoms with Crippen LogP contribution in [0.2, 0.25) is 0 Å². The number of rotatable bonds is 5. The Morgan fingerprint density at radius 3 is 2.65 bits per heavy atom. The zero-order chi connectivity index (χ0) is 14.4. The molecule has 1 aromatic carbocycles. The van der Waals surface area contributed by atoms with E-state index in [0.717, 1.165) is 23.9 Å². The normalized spacial score (nSPS) is 17.8. The molecule has 0 saturated carbocycles. The molecular formula is C14H17BrN2O3. The van der Waals surface area contributed by atoms with Crippen LogP contribution in [0.5, 0.6) is 0 Å². The van der Waals surface area contributed by atoms with Gasteiger partial charge in [-0.1, -0.05) is 15.9 Å². The Kier molecular flexibility index (Phi) is 5.55. The lowest BCUT2D eigenvalue weighted by molar-refractivity contribution is -0.120. The van der Waals surface area contributed by atoms with Crippen molar-refractivity contribution >= 4 is 27.7 Å². The Labute approximate surface area is 126 Å². The Hall–Kier alpha value is -1.40. The van der Waals surface area contributed by atoms with Crippen molar-refractivity contribution in [1.29, 1.82) is 0 Å². The summed E-state index contributed by atoms with van der Waals surface area (Å²) in [5.74, 6) is -0.462. The van der Waals surface area contributed by atoms with Crippen molar-refractivity contribution in [2.75, 3.05) is 19.7 Å². The van der Waals surface area contributed by atoms with Crippen LogP contribution < -0.4 is 10.6 Å². The fourth-order valence-electron chi connectivity index (χ4n) is 1.96. The van der Waals surface area contributed by atoms with Crippen LogP contribution in [0, 0.1) is 0 Å². The lowest BCUT2D eigenvalue weighted by Crippen LogP contribution is -2.39. The number of carbonyl (C=O) groups is 2. The minimum atomic E-state index is -0.259. The first-order valence-electron chi connectivity index (χ1n) is 6.57. The first-order valence-corrected chi connectivity index (χ1v) is 7.36. The van der Waals surface area contributed by atoms with E-state index in [9.17, 15) is 9.59 Å². The molecule has 0 aromatic heterocycles. The summed E-state index contributed by atoms with van der Waals surface area (Å²) in [6.07, 6.45) is 2.13. The second kappa shape index (κ2) is 7.40. The van der Waals surface area contributed by atoms with Crippen molar-refractivity contribution in [3.05, 3.63) is 34.3 Å². The lowest BCUT2D eigenvalue weighted by atomic mass is 10.2. The van der Waals surface area contributed by atoms with Crippen LogP contribution in [-0.2, 0) is 9.53 Å². The van der Waals surface area contributed by atoms with Gasteiger partial charge in [-0.25, -0.2) is 0 Å². The minimum Gasteiger partial charge on any atom is -0.376 e. The van der Waals surface area contributed by atoms with Gasteiger partial charge in [-0.15, -0.1) is 0 Å². The van der Waals surface area contributed by atoms with Gasteiger partial charge in [0.2, 0.25) is 5.91 Å². The van der Waals surface area contributed by atoms with Gasteiger partial charge in [0.05, 0.1) is 12.6 Å². The van der Waals surface area contributed by atoms with E-state index < -0.39 is 0 Å². The molecule has 5 nitrogen and oxygen atoms in total. The van der Waals surface area contributed by atoms with Gasteiger partial charge in [-0.05, 0) is 37.1 Å². The number of amides is 2. The molecule has 20 heavy (non-hydrogen) atoms. The van der Waals surface area contributed by atoms with E-state index in [-0.39, 0.29) is 24.5 Å². The third-order valence-electron chi connectivity index (χ3n) is 3.07. The Bertz CT molecular complexity index is 470. The van der Waals surface area contributed by atoms with Crippen LogP contribution in [0.1, 0.15) is 23.2 Å². The molecule has 0 spiro atoms. The largest absolute Gasteiger partial charge is 0.376 e. The molecule has 2 rings (SSSR count). The minimum absolute atomic E-state index is 0.0262. The summed E-state index contributed by atoms with van der Waals surface area (Å²) in [5, 5.41) is 5.34. The molecule has 0 bridgehead atoms. The van der Waals surface area contributed by atoms with Crippen LogP contribution in [0.3, 0.4) is 0 Å². The Morgan fingerprint density at radius 1 is 1.25 bits per heavy atom. The summed E-state index contributed by atoms with van der Waals surface area (Å²) in [6, 6.07) is 6.96. The molecule has 1 aliphatic heterocycles. The number of hydrogen-bond donors (Lipinski definition) is 2. The van der Waals surface area contributed by atoms with Gasteiger partial charge in [0.25, 0.3) is 5.91 Å². The van der Waals surface area contributed by atoms with Gasteiger partial charge >= 0.3 is 0 Å². The van der Waals surface area contributed by atoms with Crippen LogP contribution in [-0.4, -0.2) is 37.6 Å². The van der Waals surface area contributed by atoms with Gasteiger partial charge in [0.15, 0.2) is 0 Å². The highest BCUT2D eigenvalue weighted by molar-refractivity contribution is 9.10. The van der Waals surface area contributed by atoms with E-state index >= 15 is 0 Å². The number of halogens is 1. The molecule has 0 aliphatic carbocycles. The van der Waals surface area contributed by atoms with Gasteiger partial charge in [-0.3, -0.25) is 9.59 Å². The van der Waals surface area contributed by atoms with E-state index in [4.69, 9.17) is 4.74 Å². The monoisotopic (exact) mass is 340 g/mol. The van der Waals surface area contributed by atoms with Gasteiger partial charge in [-0.2, -0.15) is 0 Å². The van der Waals surface area contributed by atoms with E-state index in [1.54, 1.807) is 24.3 Å². The maximum atomic E-state index is 11.8. The number of nitrogens with one attached hydrogen (secondary N) is 2. The zero-order valence-electron chi connectivity index (χ0n) is 11.0. The maximum Gasteiger partial charge on any atom is 0.251 e. The molecule has 1 heterocycles. The fraction of sp³-hybridized carbons (Fsp3) is 0.429. The molecule has 1 unspecified atom stereocenters. The number of carbonyl (C=O) groups excluding carboxylic acids is 2. The summed E-state index contributed by atoms with van der Waals surface area (Å²) in [5.41, 5.74) is 0.528. The molecular weight excluding hydrogens is 324 g/mol. The third-order valence-corrected chi connectivity index (χ3v) is 3.60. The number of ether oxygens (including phenoxy) is 1. The standard InChI is InChI=1S/C14H17BrN2O3/c15-11-5-3-10(4-6-11)14(19)17-9-13(18)16-8-12-2-1-7-20-12/h3-6,12H,1-2,7-9H2,(H,16,18)(H,17,19). The second-order valence-corrected chi connectivity index (χ2v) is 5.54. The van der Waals surface area contributed by atoms with Gasteiger partial charge in [0.1, 0.15) is 0 Å². The van der Waals surface area contributed by atoms with Crippen LogP contribution in [0.25, 0.3) is 0 Å².